The van der Waals surface area contributed by atoms with Gasteiger partial charge in [-0.05, 0) is 68.3 Å². The molecule has 0 spiro atoms. The first kappa shape index (κ1) is 24.2. The Morgan fingerprint density at radius 3 is 2.38 bits per heavy atom. The smallest absolute Gasteiger partial charge is 0.341 e. The number of ether oxygens (including phenoxy) is 1. The molecule has 9 heteroatoms. The summed E-state index contributed by atoms with van der Waals surface area (Å²) in [6.45, 7) is 5.02. The number of hydrogen-bond donors (Lipinski definition) is 2. The van der Waals surface area contributed by atoms with Crippen molar-refractivity contribution in [3.05, 3.63) is 45.8 Å². The van der Waals surface area contributed by atoms with Crippen molar-refractivity contribution in [1.82, 2.24) is 9.80 Å². The summed E-state index contributed by atoms with van der Waals surface area (Å²) in [6.07, 6.45) is 3.88. The lowest BCUT2D eigenvalue weighted by atomic mass is 10.1. The van der Waals surface area contributed by atoms with E-state index in [0.29, 0.717) is 26.1 Å². The lowest BCUT2D eigenvalue weighted by Gasteiger charge is -2.26. The Bertz CT molecular complexity index is 980. The molecule has 1 aliphatic heterocycles. The van der Waals surface area contributed by atoms with E-state index in [9.17, 15) is 9.59 Å². The molecule has 2 N–H and O–H groups in total. The minimum Gasteiger partial charge on any atom is -0.465 e. The fraction of sp³-hybridized carbons (Fsp3) is 0.435. The van der Waals surface area contributed by atoms with Crippen LogP contribution in [0.4, 0.5) is 10.7 Å². The van der Waals surface area contributed by atoms with Gasteiger partial charge in [0.2, 0.25) is 0 Å². The first-order valence-electron chi connectivity index (χ1n) is 10.6. The van der Waals surface area contributed by atoms with Gasteiger partial charge in [0.05, 0.1) is 17.6 Å². The van der Waals surface area contributed by atoms with Gasteiger partial charge in [0.15, 0.2) is 5.11 Å². The van der Waals surface area contributed by atoms with E-state index in [1.54, 1.807) is 21.0 Å². The largest absolute Gasteiger partial charge is 0.465 e. The van der Waals surface area contributed by atoms with Crippen LogP contribution in [0.15, 0.2) is 24.3 Å². The van der Waals surface area contributed by atoms with Crippen molar-refractivity contribution in [2.24, 2.45) is 0 Å². The Morgan fingerprint density at radius 1 is 1.12 bits per heavy atom. The van der Waals surface area contributed by atoms with Crippen molar-refractivity contribution in [2.45, 2.75) is 32.7 Å². The number of hydrogen-bond acceptors (Lipinski definition) is 6. The lowest BCUT2D eigenvalue weighted by molar-refractivity contribution is 0.0601. The van der Waals surface area contributed by atoms with Crippen LogP contribution < -0.4 is 10.6 Å². The monoisotopic (exact) mass is 474 g/mol. The highest BCUT2D eigenvalue weighted by molar-refractivity contribution is 7.80. The summed E-state index contributed by atoms with van der Waals surface area (Å²) in [5, 5.41) is 7.04. The first-order chi connectivity index (χ1) is 15.3. The van der Waals surface area contributed by atoms with Crippen LogP contribution in [0.2, 0.25) is 0 Å². The highest BCUT2D eigenvalue weighted by atomic mass is 32.1. The van der Waals surface area contributed by atoms with Gasteiger partial charge in [0, 0.05) is 26.3 Å². The number of piperidine rings is 1. The van der Waals surface area contributed by atoms with Gasteiger partial charge in [0.25, 0.3) is 5.91 Å². The second-order valence-corrected chi connectivity index (χ2v) is 9.49. The van der Waals surface area contributed by atoms with Crippen molar-refractivity contribution < 1.29 is 14.3 Å². The Balaban J connectivity index is 1.69. The zero-order chi connectivity index (χ0) is 23.3. The molecule has 1 saturated heterocycles. The van der Waals surface area contributed by atoms with Crippen LogP contribution >= 0.6 is 23.6 Å². The minimum atomic E-state index is -0.510. The van der Waals surface area contributed by atoms with E-state index in [1.165, 1.54) is 48.2 Å². The average molecular weight is 475 g/mol. The van der Waals surface area contributed by atoms with Gasteiger partial charge < -0.3 is 20.3 Å². The number of nitrogens with one attached hydrogen (secondary N) is 2. The fourth-order valence-corrected chi connectivity index (χ4v) is 5.20. The molecular weight excluding hydrogens is 444 g/mol. The molecule has 7 nitrogen and oxygen atoms in total. The van der Waals surface area contributed by atoms with Crippen LogP contribution in [0.25, 0.3) is 0 Å². The van der Waals surface area contributed by atoms with E-state index in [4.69, 9.17) is 17.0 Å². The van der Waals surface area contributed by atoms with E-state index in [0.717, 1.165) is 25.3 Å². The molecule has 0 saturated carbocycles. The van der Waals surface area contributed by atoms with Crippen LogP contribution in [-0.4, -0.2) is 61.1 Å². The molecule has 1 aromatic carbocycles. The van der Waals surface area contributed by atoms with Crippen LogP contribution in [0.3, 0.4) is 0 Å². The standard InChI is InChI=1S/C23H30N4O3S2/c1-15-18(22(29)30-4)20(32-19(15)21(28)26(2)3)25-23(31)24-17-10-8-16(9-11-17)14-27-12-6-5-7-13-27/h8-11H,5-7,12-14H2,1-4H3,(H2,24,25,31). The van der Waals surface area contributed by atoms with E-state index in [2.05, 4.69) is 27.7 Å². The van der Waals surface area contributed by atoms with Gasteiger partial charge in [0.1, 0.15) is 5.00 Å². The summed E-state index contributed by atoms with van der Waals surface area (Å²) in [7, 11) is 4.67. The molecule has 172 valence electrons. The maximum absolute atomic E-state index is 12.5. The summed E-state index contributed by atoms with van der Waals surface area (Å²) in [6, 6.07) is 8.19. The fourth-order valence-electron chi connectivity index (χ4n) is 3.69. The Morgan fingerprint density at radius 2 is 1.78 bits per heavy atom. The summed E-state index contributed by atoms with van der Waals surface area (Å²) < 4.78 is 4.92. The minimum absolute atomic E-state index is 0.172. The topological polar surface area (TPSA) is 73.9 Å². The second kappa shape index (κ2) is 10.9. The molecule has 1 fully saturated rings. The molecule has 32 heavy (non-hydrogen) atoms. The third kappa shape index (κ3) is 5.85. The Labute approximate surface area is 198 Å². The number of carbonyl (C=O) groups excluding carboxylic acids is 2. The number of carbonyl (C=O) groups is 2. The van der Waals surface area contributed by atoms with E-state index >= 15 is 0 Å². The van der Waals surface area contributed by atoms with Crippen molar-refractivity contribution >= 4 is 51.2 Å². The zero-order valence-electron chi connectivity index (χ0n) is 19.0. The molecular formula is C23H30N4O3S2. The number of anilines is 2. The van der Waals surface area contributed by atoms with Crippen LogP contribution in [0.1, 0.15) is 50.4 Å². The maximum atomic E-state index is 12.5. The molecule has 2 heterocycles. The van der Waals surface area contributed by atoms with Crippen molar-refractivity contribution in [1.29, 1.82) is 0 Å². The van der Waals surface area contributed by atoms with E-state index in [1.807, 2.05) is 12.1 Å². The molecule has 3 rings (SSSR count). The number of likely N-dealkylation sites (tertiary alicyclic amines) is 1. The maximum Gasteiger partial charge on any atom is 0.341 e. The normalized spacial score (nSPS) is 14.0. The molecule has 1 aromatic heterocycles. The quantitative estimate of drug-likeness (QED) is 0.477. The summed E-state index contributed by atoms with van der Waals surface area (Å²) in [5.74, 6) is -0.683. The highest BCUT2D eigenvalue weighted by Crippen LogP contribution is 2.34. The number of methoxy groups -OCH3 is 1. The Hall–Kier alpha value is -2.49. The molecule has 0 radical (unpaired) electrons. The summed E-state index contributed by atoms with van der Waals surface area (Å²) in [4.78, 5) is 29.3. The second-order valence-electron chi connectivity index (χ2n) is 8.06. The third-order valence-corrected chi connectivity index (χ3v) is 6.83. The van der Waals surface area contributed by atoms with E-state index in [-0.39, 0.29) is 5.91 Å². The number of rotatable bonds is 6. The molecule has 0 aliphatic carbocycles. The van der Waals surface area contributed by atoms with Crippen molar-refractivity contribution in [2.75, 3.05) is 44.9 Å². The molecule has 1 aliphatic rings. The highest BCUT2D eigenvalue weighted by Gasteiger charge is 2.26. The van der Waals surface area contributed by atoms with Gasteiger partial charge in [-0.25, -0.2) is 4.79 Å². The third-order valence-electron chi connectivity index (χ3n) is 5.43. The first-order valence-corrected chi connectivity index (χ1v) is 11.8. The molecule has 2 aromatic rings. The van der Waals surface area contributed by atoms with Crippen molar-refractivity contribution in [3.63, 3.8) is 0 Å². The zero-order valence-corrected chi connectivity index (χ0v) is 20.6. The number of thiocarbonyl (C=S) groups is 1. The van der Waals surface area contributed by atoms with Crippen LogP contribution in [-0.2, 0) is 11.3 Å². The van der Waals surface area contributed by atoms with Crippen molar-refractivity contribution in [3.8, 4) is 0 Å². The molecule has 0 unspecified atom stereocenters. The van der Waals surface area contributed by atoms with Gasteiger partial charge in [-0.3, -0.25) is 9.69 Å². The molecule has 0 atom stereocenters. The summed E-state index contributed by atoms with van der Waals surface area (Å²) in [5.41, 5.74) is 3.02. The number of amides is 1. The number of thiophene rings is 1. The van der Waals surface area contributed by atoms with E-state index < -0.39 is 5.97 Å². The number of benzene rings is 1. The Kier molecular flexibility index (Phi) is 8.22. The molecule has 1 amide bonds. The predicted octanol–water partition coefficient (Wildman–Crippen LogP) is 4.34. The van der Waals surface area contributed by atoms with Gasteiger partial charge in [-0.2, -0.15) is 0 Å². The average Bonchev–Trinajstić information content (AvgIpc) is 3.10. The summed E-state index contributed by atoms with van der Waals surface area (Å²) >= 11 is 6.65. The van der Waals surface area contributed by atoms with Gasteiger partial charge in [-0.15, -0.1) is 11.3 Å². The number of esters is 1. The lowest BCUT2D eigenvalue weighted by Crippen LogP contribution is -2.29. The van der Waals surface area contributed by atoms with Gasteiger partial charge in [-0.1, -0.05) is 18.6 Å². The molecule has 0 bridgehead atoms. The van der Waals surface area contributed by atoms with Gasteiger partial charge >= 0.3 is 5.97 Å². The SMILES string of the molecule is COC(=O)c1c(NC(=S)Nc2ccc(CN3CCCCC3)cc2)sc(C(=O)N(C)C)c1C. The predicted molar refractivity (Wildman–Crippen MR) is 134 cm³/mol. The van der Waals surface area contributed by atoms with Crippen LogP contribution in [0.5, 0.6) is 0 Å². The number of nitrogens with zero attached hydrogens (tertiary/aromatic N) is 2. The van der Waals surface area contributed by atoms with Crippen LogP contribution in [0, 0.1) is 6.92 Å².